The first-order valence-electron chi connectivity index (χ1n) is 10.2. The Balaban J connectivity index is 1.66. The number of fused-ring (bicyclic) bond motifs is 1. The predicted octanol–water partition coefficient (Wildman–Crippen LogP) is 5.63. The summed E-state index contributed by atoms with van der Waals surface area (Å²) in [4.78, 5) is 9.55. The van der Waals surface area contributed by atoms with E-state index in [1.165, 1.54) is 19.3 Å². The molecule has 2 aromatic carbocycles. The van der Waals surface area contributed by atoms with Gasteiger partial charge in [0, 0.05) is 16.5 Å². The fraction of sp³-hybridized carbons (Fsp3) is 0.261. The highest BCUT2D eigenvalue weighted by Gasteiger charge is 2.21. The smallest absolute Gasteiger partial charge is 0.258 e. The van der Waals surface area contributed by atoms with E-state index in [0.717, 1.165) is 34.9 Å². The van der Waals surface area contributed by atoms with E-state index in [1.807, 2.05) is 42.5 Å². The van der Waals surface area contributed by atoms with Crippen molar-refractivity contribution in [2.75, 3.05) is 5.73 Å². The zero-order chi connectivity index (χ0) is 20.5. The minimum atomic E-state index is 0.130. The lowest BCUT2D eigenvalue weighted by atomic mass is 9.98. The van der Waals surface area contributed by atoms with Crippen molar-refractivity contribution in [2.45, 2.75) is 38.2 Å². The summed E-state index contributed by atoms with van der Waals surface area (Å²) in [5.74, 6) is 0.693. The van der Waals surface area contributed by atoms with E-state index in [2.05, 4.69) is 10.2 Å². The summed E-state index contributed by atoms with van der Waals surface area (Å²) in [5, 5.41) is 8.50. The molecule has 1 aliphatic rings. The highest BCUT2D eigenvalue weighted by Crippen LogP contribution is 2.37. The summed E-state index contributed by atoms with van der Waals surface area (Å²) in [6, 6.07) is 13.8. The number of aromatic nitrogens is 4. The number of anilines is 1. The first-order valence-corrected chi connectivity index (χ1v) is 10.6. The fourth-order valence-corrected chi connectivity index (χ4v) is 4.28. The molecule has 0 unspecified atom stereocenters. The molecule has 0 aliphatic heterocycles. The molecule has 0 atom stereocenters. The normalized spacial score (nSPS) is 14.8. The van der Waals surface area contributed by atoms with Gasteiger partial charge in [-0.05, 0) is 37.8 Å². The van der Waals surface area contributed by atoms with Crippen molar-refractivity contribution in [3.63, 3.8) is 0 Å². The van der Waals surface area contributed by atoms with Crippen LogP contribution in [-0.2, 0) is 0 Å². The lowest BCUT2D eigenvalue weighted by Crippen LogP contribution is -2.21. The molecule has 0 amide bonds. The number of hydrogen-bond acceptors (Lipinski definition) is 5. The molecule has 1 fully saturated rings. The van der Waals surface area contributed by atoms with E-state index < -0.39 is 0 Å². The first kappa shape index (κ1) is 18.9. The summed E-state index contributed by atoms with van der Waals surface area (Å²) in [6.07, 6.45) is 7.50. The van der Waals surface area contributed by atoms with Gasteiger partial charge in [-0.3, -0.25) is 5.10 Å². The van der Waals surface area contributed by atoms with Crippen molar-refractivity contribution in [1.29, 1.82) is 0 Å². The maximum atomic E-state index is 6.50. The van der Waals surface area contributed by atoms with Gasteiger partial charge in [-0.25, -0.2) is 9.97 Å². The third-order valence-electron chi connectivity index (χ3n) is 5.54. The van der Waals surface area contributed by atoms with Gasteiger partial charge >= 0.3 is 0 Å². The van der Waals surface area contributed by atoms with Crippen molar-refractivity contribution >= 4 is 28.3 Å². The topological polar surface area (TPSA) is 89.7 Å². The minimum absolute atomic E-state index is 0.130. The van der Waals surface area contributed by atoms with Crippen LogP contribution in [0.4, 0.5) is 5.82 Å². The first-order chi connectivity index (χ1) is 14.7. The second-order valence-corrected chi connectivity index (χ2v) is 8.05. The Bertz CT molecular complexity index is 1190. The number of aromatic amines is 1. The zero-order valence-corrected chi connectivity index (χ0v) is 17.2. The molecule has 0 bridgehead atoms. The minimum Gasteiger partial charge on any atom is -0.472 e. The van der Waals surface area contributed by atoms with Gasteiger partial charge in [0.25, 0.3) is 5.88 Å². The number of rotatable bonds is 4. The monoisotopic (exact) mass is 419 g/mol. The van der Waals surface area contributed by atoms with Crippen LogP contribution in [0.3, 0.4) is 0 Å². The van der Waals surface area contributed by atoms with Crippen LogP contribution in [0.15, 0.2) is 48.7 Å². The standard InChI is InChI=1S/C23H22ClN5O/c24-18-12-15(11-16-13-26-29-19(16)18)21-20(14-7-3-1-4-8-14)27-22(25)23(28-21)30-17-9-5-2-6-10-17/h1,3-4,7-8,11-13,17H,2,5-6,9-10H2,(H2,25,27)(H,26,29). The molecule has 152 valence electrons. The number of nitrogens with zero attached hydrogens (tertiary/aromatic N) is 3. The Morgan fingerprint density at radius 3 is 2.53 bits per heavy atom. The maximum Gasteiger partial charge on any atom is 0.258 e. The van der Waals surface area contributed by atoms with E-state index >= 15 is 0 Å². The number of halogens is 1. The highest BCUT2D eigenvalue weighted by molar-refractivity contribution is 6.35. The van der Waals surface area contributed by atoms with Crippen molar-refractivity contribution in [3.05, 3.63) is 53.7 Å². The Hall–Kier alpha value is -3.12. The van der Waals surface area contributed by atoms with Crippen LogP contribution < -0.4 is 10.5 Å². The lowest BCUT2D eigenvalue weighted by Gasteiger charge is -2.23. The van der Waals surface area contributed by atoms with Gasteiger partial charge in [-0.1, -0.05) is 48.4 Å². The van der Waals surface area contributed by atoms with Gasteiger partial charge < -0.3 is 10.5 Å². The van der Waals surface area contributed by atoms with Gasteiger partial charge in [0.2, 0.25) is 0 Å². The molecular weight excluding hydrogens is 398 g/mol. The molecule has 2 heterocycles. The predicted molar refractivity (Wildman–Crippen MR) is 119 cm³/mol. The van der Waals surface area contributed by atoms with Crippen LogP contribution in [0.1, 0.15) is 32.1 Å². The molecule has 6 nitrogen and oxygen atoms in total. The van der Waals surface area contributed by atoms with Crippen molar-refractivity contribution in [1.82, 2.24) is 20.2 Å². The van der Waals surface area contributed by atoms with Crippen LogP contribution in [0.5, 0.6) is 5.88 Å². The number of nitrogens with two attached hydrogens (primary N) is 1. The van der Waals surface area contributed by atoms with Gasteiger partial charge in [-0.2, -0.15) is 5.10 Å². The average molecular weight is 420 g/mol. The largest absolute Gasteiger partial charge is 0.472 e. The van der Waals surface area contributed by atoms with Gasteiger partial charge in [0.1, 0.15) is 11.8 Å². The van der Waals surface area contributed by atoms with Crippen LogP contribution >= 0.6 is 11.6 Å². The summed E-state index contributed by atoms with van der Waals surface area (Å²) in [5.41, 5.74) is 10.2. The highest BCUT2D eigenvalue weighted by atomic mass is 35.5. The zero-order valence-electron chi connectivity index (χ0n) is 16.4. The van der Waals surface area contributed by atoms with E-state index in [1.54, 1.807) is 6.20 Å². The molecule has 7 heteroatoms. The molecule has 1 saturated carbocycles. The molecule has 3 N–H and O–H groups in total. The van der Waals surface area contributed by atoms with Crippen LogP contribution in [-0.4, -0.2) is 26.3 Å². The molecular formula is C23H22ClN5O. The average Bonchev–Trinajstić information content (AvgIpc) is 3.26. The van der Waals surface area contributed by atoms with E-state index in [0.29, 0.717) is 28.1 Å². The maximum absolute atomic E-state index is 6.50. The number of nitrogens with one attached hydrogen (secondary N) is 1. The van der Waals surface area contributed by atoms with Crippen LogP contribution in [0.25, 0.3) is 33.4 Å². The molecule has 0 saturated heterocycles. The van der Waals surface area contributed by atoms with E-state index in [-0.39, 0.29) is 6.10 Å². The van der Waals surface area contributed by atoms with Crippen LogP contribution in [0, 0.1) is 0 Å². The number of H-pyrrole nitrogens is 1. The SMILES string of the molecule is Nc1nc(-c2ccccc2)c(-c2cc(Cl)c3[nH]ncc3c2)nc1OC1CCCCC1. The molecule has 1 aliphatic carbocycles. The number of ether oxygens (including phenoxy) is 1. The van der Waals surface area contributed by atoms with Crippen LogP contribution in [0.2, 0.25) is 5.02 Å². The number of nitrogen functional groups attached to an aromatic ring is 1. The second kappa shape index (κ2) is 7.95. The van der Waals surface area contributed by atoms with Gasteiger partial charge in [-0.15, -0.1) is 0 Å². The Morgan fingerprint density at radius 2 is 1.73 bits per heavy atom. The Kier molecular flexibility index (Phi) is 5.01. The van der Waals surface area contributed by atoms with Gasteiger partial charge in [0.05, 0.1) is 22.4 Å². The Labute approximate surface area is 179 Å². The molecule has 30 heavy (non-hydrogen) atoms. The summed E-state index contributed by atoms with van der Waals surface area (Å²) in [6.45, 7) is 0. The van der Waals surface area contributed by atoms with Crippen molar-refractivity contribution < 1.29 is 4.74 Å². The third-order valence-corrected chi connectivity index (χ3v) is 5.84. The summed E-state index contributed by atoms with van der Waals surface area (Å²) >= 11 is 6.50. The third kappa shape index (κ3) is 3.59. The summed E-state index contributed by atoms with van der Waals surface area (Å²) in [7, 11) is 0. The quantitative estimate of drug-likeness (QED) is 0.447. The summed E-state index contributed by atoms with van der Waals surface area (Å²) < 4.78 is 6.19. The number of benzene rings is 2. The lowest BCUT2D eigenvalue weighted by molar-refractivity contribution is 0.149. The van der Waals surface area contributed by atoms with E-state index in [4.69, 9.17) is 32.0 Å². The van der Waals surface area contributed by atoms with E-state index in [9.17, 15) is 0 Å². The van der Waals surface area contributed by atoms with Crippen molar-refractivity contribution in [2.24, 2.45) is 0 Å². The molecule has 0 radical (unpaired) electrons. The van der Waals surface area contributed by atoms with Gasteiger partial charge in [0.15, 0.2) is 5.82 Å². The van der Waals surface area contributed by atoms with Crippen molar-refractivity contribution in [3.8, 4) is 28.4 Å². The Morgan fingerprint density at radius 1 is 0.967 bits per heavy atom. The second-order valence-electron chi connectivity index (χ2n) is 7.65. The molecule has 4 aromatic rings. The fourth-order valence-electron chi connectivity index (χ4n) is 4.01. The molecule has 5 rings (SSSR count). The molecule has 0 spiro atoms. The number of hydrogen-bond donors (Lipinski definition) is 2. The molecule has 2 aromatic heterocycles.